The van der Waals surface area contributed by atoms with Crippen LogP contribution in [0.3, 0.4) is 0 Å². The molecule has 13 heteroatoms. The minimum atomic E-state index is -1.95. The van der Waals surface area contributed by atoms with Crippen LogP contribution in [-0.4, -0.2) is 88.2 Å². The predicted octanol–water partition coefficient (Wildman–Crippen LogP) is 3.79. The second-order valence-electron chi connectivity index (χ2n) is 14.4. The molecule has 2 aliphatic heterocycles. The molecular formula is C34H45FN4O7S. The zero-order chi connectivity index (χ0) is 33.6. The third kappa shape index (κ3) is 7.33. The van der Waals surface area contributed by atoms with Gasteiger partial charge >= 0.3 is 0 Å². The Hall–Kier alpha value is -3.13. The summed E-state index contributed by atoms with van der Waals surface area (Å²) in [5.41, 5.74) is 1.76. The molecule has 3 heterocycles. The molecule has 256 valence electrons. The second kappa shape index (κ2) is 13.1. The molecule has 3 amide bonds. The van der Waals surface area contributed by atoms with Crippen molar-refractivity contribution in [1.29, 1.82) is 0 Å². The van der Waals surface area contributed by atoms with Gasteiger partial charge in [-0.3, -0.25) is 14.4 Å². The molecule has 3 N–H and O–H groups in total. The Morgan fingerprint density at radius 3 is 2.49 bits per heavy atom. The number of halogens is 1. The molecule has 4 fully saturated rings. The van der Waals surface area contributed by atoms with E-state index in [1.54, 1.807) is 32.1 Å². The Morgan fingerprint density at radius 1 is 1.17 bits per heavy atom. The van der Waals surface area contributed by atoms with E-state index in [0.29, 0.717) is 19.0 Å². The molecule has 2 aromatic rings. The molecule has 0 radical (unpaired) electrons. The van der Waals surface area contributed by atoms with E-state index >= 15 is 0 Å². The van der Waals surface area contributed by atoms with Gasteiger partial charge in [-0.1, -0.05) is 32.9 Å². The standard InChI is InChI=1S/C34H45FN4O7S/c1-20-27(47-19-37-20)21-5-6-22(26(15-21)46-24-7-9-34(10-8-24)44-13-14-45-34)17-36-29(41)25-16-23(40)18-39(25)30(42)28(32(2,3)4)38-31(43)33(35)11-12-33/h5-6,15,19,23-25,28,40H,7-14,16-18H2,1-4H3,(H,36,41)(H,38,43)/t23?,25?,28-/m1/s1. The quantitative estimate of drug-likeness (QED) is 0.366. The van der Waals surface area contributed by atoms with E-state index in [4.69, 9.17) is 14.2 Å². The normalized spacial score (nSPS) is 24.3. The van der Waals surface area contributed by atoms with Crippen LogP contribution in [0, 0.1) is 12.3 Å². The van der Waals surface area contributed by atoms with Crippen molar-refractivity contribution in [3.05, 3.63) is 35.0 Å². The number of aryl methyl sites for hydroxylation is 1. The highest BCUT2D eigenvalue weighted by Gasteiger charge is 2.53. The molecule has 1 spiro atoms. The van der Waals surface area contributed by atoms with Crippen LogP contribution >= 0.6 is 11.3 Å². The number of hydrogen-bond acceptors (Lipinski definition) is 9. The number of rotatable bonds is 9. The maximum Gasteiger partial charge on any atom is 0.258 e. The van der Waals surface area contributed by atoms with Crippen molar-refractivity contribution in [2.45, 2.75) is 115 Å². The summed E-state index contributed by atoms with van der Waals surface area (Å²) in [6.45, 7) is 8.57. The van der Waals surface area contributed by atoms with E-state index in [9.17, 15) is 23.9 Å². The Labute approximate surface area is 278 Å². The van der Waals surface area contributed by atoms with Gasteiger partial charge in [0.2, 0.25) is 11.8 Å². The molecule has 2 saturated carbocycles. The van der Waals surface area contributed by atoms with Crippen molar-refractivity contribution in [3.63, 3.8) is 0 Å². The van der Waals surface area contributed by atoms with Crippen molar-refractivity contribution in [1.82, 2.24) is 20.5 Å². The first-order valence-corrected chi connectivity index (χ1v) is 17.4. The first kappa shape index (κ1) is 33.8. The van der Waals surface area contributed by atoms with Crippen LogP contribution in [0.5, 0.6) is 5.75 Å². The van der Waals surface area contributed by atoms with Gasteiger partial charge in [0.1, 0.15) is 17.8 Å². The molecule has 3 atom stereocenters. The lowest BCUT2D eigenvalue weighted by Gasteiger charge is -2.36. The number of ether oxygens (including phenoxy) is 3. The predicted molar refractivity (Wildman–Crippen MR) is 172 cm³/mol. The molecular weight excluding hydrogens is 627 g/mol. The monoisotopic (exact) mass is 672 g/mol. The average Bonchev–Trinajstić information content (AvgIpc) is 3.34. The van der Waals surface area contributed by atoms with E-state index in [2.05, 4.69) is 15.6 Å². The summed E-state index contributed by atoms with van der Waals surface area (Å²) in [6.07, 6.45) is 2.35. The minimum absolute atomic E-state index is 0.0519. The van der Waals surface area contributed by atoms with Crippen LogP contribution in [0.15, 0.2) is 23.7 Å². The van der Waals surface area contributed by atoms with E-state index < -0.39 is 52.8 Å². The van der Waals surface area contributed by atoms with Crippen molar-refractivity contribution in [2.75, 3.05) is 19.8 Å². The molecule has 2 unspecified atom stereocenters. The van der Waals surface area contributed by atoms with Gasteiger partial charge in [-0.05, 0) is 49.7 Å². The summed E-state index contributed by atoms with van der Waals surface area (Å²) >= 11 is 1.55. The highest BCUT2D eigenvalue weighted by atomic mass is 32.1. The number of hydrogen-bond donors (Lipinski definition) is 3. The van der Waals surface area contributed by atoms with Crippen LogP contribution in [-0.2, 0) is 30.4 Å². The van der Waals surface area contributed by atoms with Gasteiger partial charge in [0.05, 0.1) is 41.5 Å². The van der Waals surface area contributed by atoms with Gasteiger partial charge in [0, 0.05) is 37.9 Å². The van der Waals surface area contributed by atoms with E-state index in [0.717, 1.165) is 47.4 Å². The molecule has 47 heavy (non-hydrogen) atoms. The lowest BCUT2D eigenvalue weighted by atomic mass is 9.85. The van der Waals surface area contributed by atoms with Gasteiger partial charge in [-0.2, -0.15) is 0 Å². The van der Waals surface area contributed by atoms with Gasteiger partial charge in [-0.25, -0.2) is 9.37 Å². The Morgan fingerprint density at radius 2 is 1.87 bits per heavy atom. The van der Waals surface area contributed by atoms with Gasteiger partial charge in [-0.15, -0.1) is 11.3 Å². The first-order valence-electron chi connectivity index (χ1n) is 16.5. The highest BCUT2D eigenvalue weighted by molar-refractivity contribution is 7.13. The van der Waals surface area contributed by atoms with Crippen molar-refractivity contribution in [2.24, 2.45) is 5.41 Å². The third-order valence-electron chi connectivity index (χ3n) is 9.68. The first-order chi connectivity index (χ1) is 22.3. The van der Waals surface area contributed by atoms with Crippen molar-refractivity contribution < 1.29 is 38.1 Å². The number of likely N-dealkylation sites (tertiary alicyclic amines) is 1. The minimum Gasteiger partial charge on any atom is -0.490 e. The molecule has 6 rings (SSSR count). The van der Waals surface area contributed by atoms with E-state index in [1.807, 2.05) is 30.6 Å². The number of thiazole rings is 1. The van der Waals surface area contributed by atoms with Crippen LogP contribution < -0.4 is 15.4 Å². The number of carbonyl (C=O) groups excluding carboxylic acids is 3. The number of amides is 3. The number of nitrogens with one attached hydrogen (secondary N) is 2. The lowest BCUT2D eigenvalue weighted by molar-refractivity contribution is -0.186. The highest BCUT2D eigenvalue weighted by Crippen LogP contribution is 2.41. The third-order valence-corrected chi connectivity index (χ3v) is 10.7. The van der Waals surface area contributed by atoms with Gasteiger partial charge in [0.15, 0.2) is 11.5 Å². The molecule has 2 aliphatic carbocycles. The van der Waals surface area contributed by atoms with Gasteiger partial charge < -0.3 is 34.9 Å². The molecule has 4 aliphatic rings. The zero-order valence-corrected chi connectivity index (χ0v) is 28.3. The average molecular weight is 673 g/mol. The molecule has 1 aromatic heterocycles. The fraction of sp³-hybridized carbons (Fsp3) is 0.647. The van der Waals surface area contributed by atoms with Crippen molar-refractivity contribution in [3.8, 4) is 16.2 Å². The maximum atomic E-state index is 14.5. The second-order valence-corrected chi connectivity index (χ2v) is 15.2. The Kier molecular flexibility index (Phi) is 9.38. The number of aromatic nitrogens is 1. The Bertz CT molecular complexity index is 1490. The van der Waals surface area contributed by atoms with Gasteiger partial charge in [0.25, 0.3) is 5.91 Å². The number of carbonyl (C=O) groups is 3. The summed E-state index contributed by atoms with van der Waals surface area (Å²) in [5, 5.41) is 16.1. The lowest BCUT2D eigenvalue weighted by Crippen LogP contribution is -2.59. The smallest absolute Gasteiger partial charge is 0.258 e. The molecule has 11 nitrogen and oxygen atoms in total. The summed E-state index contributed by atoms with van der Waals surface area (Å²) in [4.78, 5) is 46.8. The van der Waals surface area contributed by atoms with E-state index in [1.165, 1.54) is 4.90 Å². The fourth-order valence-corrected chi connectivity index (χ4v) is 7.47. The largest absolute Gasteiger partial charge is 0.490 e. The topological polar surface area (TPSA) is 139 Å². The zero-order valence-electron chi connectivity index (χ0n) is 27.5. The summed E-state index contributed by atoms with van der Waals surface area (Å²) in [7, 11) is 0. The van der Waals surface area contributed by atoms with E-state index in [-0.39, 0.29) is 38.5 Å². The number of alkyl halides is 1. The number of aliphatic hydroxyl groups excluding tert-OH is 1. The maximum absolute atomic E-state index is 14.5. The summed E-state index contributed by atoms with van der Waals surface area (Å²) in [6, 6.07) is 3.87. The van der Waals surface area contributed by atoms with Crippen LogP contribution in [0.4, 0.5) is 4.39 Å². The van der Waals surface area contributed by atoms with Crippen molar-refractivity contribution >= 4 is 29.1 Å². The number of nitrogens with zero attached hydrogens (tertiary/aromatic N) is 2. The number of benzene rings is 1. The fourth-order valence-electron chi connectivity index (χ4n) is 6.66. The number of aliphatic hydroxyl groups is 1. The summed E-state index contributed by atoms with van der Waals surface area (Å²) in [5.74, 6) is -1.62. The van der Waals surface area contributed by atoms with Crippen LogP contribution in [0.25, 0.3) is 10.4 Å². The van der Waals surface area contributed by atoms with Crippen LogP contribution in [0.2, 0.25) is 0 Å². The number of β-amino-alcohol motifs (C(OH)–C–C–N with tert-alkyl or cyclic N) is 1. The van der Waals surface area contributed by atoms with Crippen LogP contribution in [0.1, 0.15) is 77.0 Å². The Balaban J connectivity index is 1.16. The molecule has 1 aromatic carbocycles. The molecule has 2 saturated heterocycles. The molecule has 0 bridgehead atoms. The SMILES string of the molecule is Cc1ncsc1-c1ccc(CNC(=O)C2CC(O)CN2C(=O)[C@@H](NC(=O)C2(F)CC2)C(C)(C)C)c(OC2CCC3(CC2)OCCO3)c1. The summed E-state index contributed by atoms with van der Waals surface area (Å²) < 4.78 is 32.9.